The molecule has 21 heavy (non-hydrogen) atoms. The Morgan fingerprint density at radius 1 is 0.429 bits per heavy atom. The fraction of sp³-hybridized carbons (Fsp3) is 0. The maximum Gasteiger partial charge on any atom is 0 e. The standard InChI is InChI=1S/C19H15.ClH.Ti/c1-4-10-16(11-5-1)19(17-12-6-2-7-13-17)18-14-8-3-9-15-18;;/h1-15H;1H;/q-1;;. The summed E-state index contributed by atoms with van der Waals surface area (Å²) >= 11 is 0. The first-order valence-corrected chi connectivity index (χ1v) is 6.48. The normalized spacial score (nSPS) is 9.14. The van der Waals surface area contributed by atoms with E-state index in [4.69, 9.17) is 0 Å². The molecule has 0 nitrogen and oxygen atoms in total. The minimum atomic E-state index is 0. The Labute approximate surface area is 147 Å². The number of rotatable bonds is 3. The SMILES string of the molecule is Cl.[Ti].c1ccc([C-](c2ccccc2)c2ccccc2)cc1. The van der Waals surface area contributed by atoms with Crippen molar-refractivity contribution in [1.82, 2.24) is 0 Å². The number of benzene rings is 3. The van der Waals surface area contributed by atoms with E-state index in [0.29, 0.717) is 0 Å². The summed E-state index contributed by atoms with van der Waals surface area (Å²) in [6.45, 7) is 0. The Bertz CT molecular complexity index is 530. The van der Waals surface area contributed by atoms with E-state index in [1.54, 1.807) is 0 Å². The van der Waals surface area contributed by atoms with Gasteiger partial charge in [-0.2, -0.15) is 0 Å². The van der Waals surface area contributed by atoms with E-state index in [9.17, 15) is 0 Å². The van der Waals surface area contributed by atoms with Crippen LogP contribution in [0.5, 0.6) is 0 Å². The monoisotopic (exact) mass is 327 g/mol. The third kappa shape index (κ3) is 4.25. The van der Waals surface area contributed by atoms with Gasteiger partial charge in [0.25, 0.3) is 0 Å². The zero-order valence-corrected chi connectivity index (χ0v) is 13.9. The molecule has 0 unspecified atom stereocenters. The molecule has 3 aromatic carbocycles. The second-order valence-corrected chi connectivity index (χ2v) is 4.47. The summed E-state index contributed by atoms with van der Waals surface area (Å²) in [5, 5.41) is 0. The molecule has 0 fully saturated rings. The molecule has 0 amide bonds. The molecule has 0 spiro atoms. The predicted molar refractivity (Wildman–Crippen MR) is 87.1 cm³/mol. The zero-order chi connectivity index (χ0) is 12.9. The van der Waals surface area contributed by atoms with Crippen molar-refractivity contribution in [1.29, 1.82) is 0 Å². The van der Waals surface area contributed by atoms with Gasteiger partial charge >= 0.3 is 0 Å². The van der Waals surface area contributed by atoms with Gasteiger partial charge in [0, 0.05) is 21.7 Å². The molecule has 3 rings (SSSR count). The smallest absolute Gasteiger partial charge is 0 e. The largest absolute Gasteiger partial charge is 0.147 e. The van der Waals surface area contributed by atoms with Crippen LogP contribution in [-0.4, -0.2) is 0 Å². The van der Waals surface area contributed by atoms with Crippen molar-refractivity contribution in [2.75, 3.05) is 0 Å². The molecule has 104 valence electrons. The second kappa shape index (κ2) is 8.74. The van der Waals surface area contributed by atoms with Crippen LogP contribution in [-0.2, 0) is 21.7 Å². The average Bonchev–Trinajstić information content (AvgIpc) is 2.51. The van der Waals surface area contributed by atoms with E-state index < -0.39 is 0 Å². The third-order valence-electron chi connectivity index (χ3n) is 3.19. The molecule has 0 heterocycles. The molecule has 0 atom stereocenters. The van der Waals surface area contributed by atoms with Crippen LogP contribution in [0.15, 0.2) is 91.0 Å². The van der Waals surface area contributed by atoms with Crippen molar-refractivity contribution >= 4 is 12.4 Å². The van der Waals surface area contributed by atoms with E-state index in [1.165, 1.54) is 22.6 Å². The van der Waals surface area contributed by atoms with E-state index in [-0.39, 0.29) is 34.1 Å². The number of hydrogen-bond acceptors (Lipinski definition) is 0. The molecular formula is C19H16ClTi-. The molecule has 0 radical (unpaired) electrons. The minimum absolute atomic E-state index is 0. The predicted octanol–water partition coefficient (Wildman–Crippen LogP) is 5.13. The number of halogens is 1. The van der Waals surface area contributed by atoms with Crippen molar-refractivity contribution in [3.8, 4) is 0 Å². The molecule has 0 aliphatic heterocycles. The third-order valence-corrected chi connectivity index (χ3v) is 3.19. The van der Waals surface area contributed by atoms with E-state index in [0.717, 1.165) is 0 Å². The molecule has 0 aromatic heterocycles. The van der Waals surface area contributed by atoms with Gasteiger partial charge in [-0.1, -0.05) is 114 Å². The van der Waals surface area contributed by atoms with Crippen molar-refractivity contribution in [2.45, 2.75) is 0 Å². The van der Waals surface area contributed by atoms with Crippen molar-refractivity contribution < 1.29 is 21.7 Å². The van der Waals surface area contributed by atoms with Gasteiger partial charge in [-0.25, -0.2) is 0 Å². The fourth-order valence-corrected chi connectivity index (χ4v) is 2.31. The van der Waals surface area contributed by atoms with Crippen LogP contribution in [0.2, 0.25) is 0 Å². The summed E-state index contributed by atoms with van der Waals surface area (Å²) < 4.78 is 0. The Kier molecular flexibility index (Phi) is 7.32. The maximum atomic E-state index is 2.16. The molecule has 0 aliphatic carbocycles. The van der Waals surface area contributed by atoms with E-state index >= 15 is 0 Å². The van der Waals surface area contributed by atoms with Gasteiger partial charge in [-0.05, 0) is 0 Å². The topological polar surface area (TPSA) is 0 Å². The molecule has 0 aliphatic rings. The summed E-state index contributed by atoms with van der Waals surface area (Å²) in [6.07, 6.45) is 0. The van der Waals surface area contributed by atoms with Crippen LogP contribution in [0.25, 0.3) is 0 Å². The molecule has 0 bridgehead atoms. The quantitative estimate of drug-likeness (QED) is 0.355. The first kappa shape index (κ1) is 17.6. The summed E-state index contributed by atoms with van der Waals surface area (Å²) in [5.41, 5.74) is 3.75. The molecular weight excluding hydrogens is 312 g/mol. The summed E-state index contributed by atoms with van der Waals surface area (Å²) in [6, 6.07) is 31.6. The second-order valence-electron chi connectivity index (χ2n) is 4.47. The van der Waals surface area contributed by atoms with Crippen LogP contribution in [0.3, 0.4) is 0 Å². The van der Waals surface area contributed by atoms with Crippen molar-refractivity contribution in [2.24, 2.45) is 0 Å². The summed E-state index contributed by atoms with van der Waals surface area (Å²) in [7, 11) is 0. The Morgan fingerprint density at radius 3 is 0.905 bits per heavy atom. The van der Waals surface area contributed by atoms with Crippen LogP contribution in [0.4, 0.5) is 0 Å². The van der Waals surface area contributed by atoms with Crippen molar-refractivity contribution in [3.05, 3.63) is 114 Å². The maximum absolute atomic E-state index is 2.16. The van der Waals surface area contributed by atoms with Gasteiger partial charge in [-0.15, -0.1) is 12.4 Å². The van der Waals surface area contributed by atoms with Crippen LogP contribution in [0, 0.1) is 5.92 Å². The van der Waals surface area contributed by atoms with Crippen LogP contribution < -0.4 is 0 Å². The molecule has 0 N–H and O–H groups in total. The van der Waals surface area contributed by atoms with Crippen LogP contribution in [0.1, 0.15) is 16.7 Å². The van der Waals surface area contributed by atoms with Gasteiger partial charge in [0.1, 0.15) is 0 Å². The first-order chi connectivity index (χ1) is 9.45. The molecule has 2 heteroatoms. The average molecular weight is 328 g/mol. The molecule has 0 saturated heterocycles. The Balaban J connectivity index is 0.00000110. The summed E-state index contributed by atoms with van der Waals surface area (Å²) in [5.74, 6) is 1.28. The Morgan fingerprint density at radius 2 is 0.667 bits per heavy atom. The molecule has 3 aromatic rings. The van der Waals surface area contributed by atoms with Gasteiger partial charge in [0.05, 0.1) is 0 Å². The zero-order valence-electron chi connectivity index (χ0n) is 11.6. The van der Waals surface area contributed by atoms with Gasteiger partial charge in [0.15, 0.2) is 0 Å². The number of hydrogen-bond donors (Lipinski definition) is 0. The van der Waals surface area contributed by atoms with E-state index in [1.807, 2.05) is 0 Å². The minimum Gasteiger partial charge on any atom is -0.147 e. The summed E-state index contributed by atoms with van der Waals surface area (Å²) in [4.78, 5) is 0. The fourth-order valence-electron chi connectivity index (χ4n) is 2.31. The molecule has 0 saturated carbocycles. The van der Waals surface area contributed by atoms with Gasteiger partial charge < -0.3 is 0 Å². The van der Waals surface area contributed by atoms with Crippen molar-refractivity contribution in [3.63, 3.8) is 0 Å². The van der Waals surface area contributed by atoms with Gasteiger partial charge in [0.2, 0.25) is 0 Å². The van der Waals surface area contributed by atoms with Crippen LogP contribution >= 0.6 is 12.4 Å². The van der Waals surface area contributed by atoms with E-state index in [2.05, 4.69) is 91.0 Å². The van der Waals surface area contributed by atoms with Gasteiger partial charge in [-0.3, -0.25) is 0 Å². The Hall–Kier alpha value is -1.47. The first-order valence-electron chi connectivity index (χ1n) is 6.48.